The number of carbonyl (C=O) groups excluding carboxylic acids is 1. The molecule has 1 aliphatic rings. The number of nitrogens with two attached hydrogens (primary N) is 1. The van der Waals surface area contributed by atoms with Crippen molar-refractivity contribution in [1.29, 1.82) is 0 Å². The normalized spacial score (nSPS) is 15.7. The van der Waals surface area contributed by atoms with Crippen molar-refractivity contribution in [1.82, 2.24) is 4.98 Å². The molecular weight excluding hydrogens is 200 g/mol. The summed E-state index contributed by atoms with van der Waals surface area (Å²) in [6, 6.07) is 3.55. The lowest BCUT2D eigenvalue weighted by atomic mass is 9.93. The minimum atomic E-state index is 0.136. The van der Waals surface area contributed by atoms with Crippen molar-refractivity contribution in [3.63, 3.8) is 0 Å². The number of hydrogen-bond acceptors (Lipinski definition) is 3. The highest BCUT2D eigenvalue weighted by Crippen LogP contribution is 2.21. The van der Waals surface area contributed by atoms with Gasteiger partial charge in [-0.3, -0.25) is 9.78 Å². The fourth-order valence-corrected chi connectivity index (χ4v) is 1.96. The second kappa shape index (κ2) is 5.03. The maximum absolute atomic E-state index is 12.1. The van der Waals surface area contributed by atoms with Crippen molar-refractivity contribution < 1.29 is 4.79 Å². The van der Waals surface area contributed by atoms with Gasteiger partial charge in [0.05, 0.1) is 5.69 Å². The molecule has 0 bridgehead atoms. The maximum atomic E-state index is 12.1. The molecule has 84 valence electrons. The van der Waals surface area contributed by atoms with E-state index in [1.165, 1.54) is 6.42 Å². The molecule has 0 spiro atoms. The summed E-state index contributed by atoms with van der Waals surface area (Å²) in [6.45, 7) is 0.375. The van der Waals surface area contributed by atoms with E-state index in [0.29, 0.717) is 12.1 Å². The van der Waals surface area contributed by atoms with Gasteiger partial charge in [0.1, 0.15) is 0 Å². The molecule has 2 rings (SSSR count). The highest BCUT2D eigenvalue weighted by Gasteiger charge is 2.14. The van der Waals surface area contributed by atoms with E-state index in [2.05, 4.69) is 11.1 Å². The van der Waals surface area contributed by atoms with E-state index in [1.807, 2.05) is 0 Å². The van der Waals surface area contributed by atoms with Gasteiger partial charge < -0.3 is 5.73 Å². The van der Waals surface area contributed by atoms with Gasteiger partial charge in [-0.25, -0.2) is 0 Å². The SMILES string of the molecule is NCc1cc(C(=O)C2=CCCCC2)ccn1. The van der Waals surface area contributed by atoms with E-state index in [4.69, 9.17) is 5.73 Å². The minimum absolute atomic E-state index is 0.136. The molecule has 16 heavy (non-hydrogen) atoms. The molecule has 1 aromatic heterocycles. The number of carbonyl (C=O) groups is 1. The highest BCUT2D eigenvalue weighted by molar-refractivity contribution is 6.08. The van der Waals surface area contributed by atoms with Crippen LogP contribution in [0, 0.1) is 0 Å². The van der Waals surface area contributed by atoms with Crippen LogP contribution in [0.1, 0.15) is 41.7 Å². The van der Waals surface area contributed by atoms with Crippen LogP contribution in [0.3, 0.4) is 0 Å². The van der Waals surface area contributed by atoms with Crippen LogP contribution in [0.15, 0.2) is 30.0 Å². The van der Waals surface area contributed by atoms with Gasteiger partial charge in [-0.1, -0.05) is 6.08 Å². The van der Waals surface area contributed by atoms with Crippen molar-refractivity contribution in [2.45, 2.75) is 32.2 Å². The smallest absolute Gasteiger partial charge is 0.188 e. The van der Waals surface area contributed by atoms with Gasteiger partial charge in [-0.15, -0.1) is 0 Å². The number of pyridine rings is 1. The van der Waals surface area contributed by atoms with Gasteiger partial charge in [0.15, 0.2) is 5.78 Å². The largest absolute Gasteiger partial charge is 0.325 e. The molecule has 1 aromatic rings. The Balaban J connectivity index is 2.22. The Labute approximate surface area is 95.4 Å². The molecule has 1 aliphatic carbocycles. The average molecular weight is 216 g/mol. The third-order valence-electron chi connectivity index (χ3n) is 2.87. The van der Waals surface area contributed by atoms with Crippen LogP contribution in [-0.2, 0) is 6.54 Å². The molecule has 0 amide bonds. The second-order valence-corrected chi connectivity index (χ2v) is 4.04. The molecule has 3 heteroatoms. The van der Waals surface area contributed by atoms with Crippen molar-refractivity contribution in [3.05, 3.63) is 41.2 Å². The summed E-state index contributed by atoms with van der Waals surface area (Å²) >= 11 is 0. The number of allylic oxidation sites excluding steroid dienone is 2. The molecule has 1 heterocycles. The number of Topliss-reactive ketones (excluding diaryl/α,β-unsaturated/α-hetero) is 1. The Bertz CT molecular complexity index is 424. The summed E-state index contributed by atoms with van der Waals surface area (Å²) in [5.74, 6) is 0.136. The van der Waals surface area contributed by atoms with Gasteiger partial charge in [-0.05, 0) is 43.4 Å². The topological polar surface area (TPSA) is 56.0 Å². The summed E-state index contributed by atoms with van der Waals surface area (Å²) in [6.07, 6.45) is 7.95. The molecule has 0 saturated carbocycles. The fraction of sp³-hybridized carbons (Fsp3) is 0.385. The molecule has 0 aliphatic heterocycles. The van der Waals surface area contributed by atoms with Crippen LogP contribution < -0.4 is 5.73 Å². The first-order valence-electron chi connectivity index (χ1n) is 5.70. The third kappa shape index (κ3) is 2.36. The minimum Gasteiger partial charge on any atom is -0.325 e. The van der Waals surface area contributed by atoms with Gasteiger partial charge >= 0.3 is 0 Å². The zero-order valence-electron chi connectivity index (χ0n) is 9.28. The number of nitrogens with zero attached hydrogens (tertiary/aromatic N) is 1. The zero-order valence-corrected chi connectivity index (χ0v) is 9.28. The van der Waals surface area contributed by atoms with Crippen LogP contribution in [0.2, 0.25) is 0 Å². The number of aromatic nitrogens is 1. The summed E-state index contributed by atoms with van der Waals surface area (Å²) < 4.78 is 0. The molecule has 0 unspecified atom stereocenters. The Morgan fingerprint density at radius 1 is 1.44 bits per heavy atom. The monoisotopic (exact) mass is 216 g/mol. The Morgan fingerprint density at radius 2 is 2.31 bits per heavy atom. The van der Waals surface area contributed by atoms with E-state index in [9.17, 15) is 4.79 Å². The van der Waals surface area contributed by atoms with Crippen molar-refractivity contribution in [3.8, 4) is 0 Å². The Hall–Kier alpha value is -1.48. The predicted molar refractivity (Wildman–Crippen MR) is 63.0 cm³/mol. The van der Waals surface area contributed by atoms with Crippen LogP contribution in [-0.4, -0.2) is 10.8 Å². The zero-order chi connectivity index (χ0) is 11.4. The molecule has 0 aromatic carbocycles. The molecule has 2 N–H and O–H groups in total. The Kier molecular flexibility index (Phi) is 3.47. The first-order chi connectivity index (χ1) is 7.81. The van der Waals surface area contributed by atoms with Crippen LogP contribution in [0.4, 0.5) is 0 Å². The first kappa shape index (κ1) is 11.0. The van der Waals surface area contributed by atoms with Crippen molar-refractivity contribution >= 4 is 5.78 Å². The molecule has 0 fully saturated rings. The van der Waals surface area contributed by atoms with Crippen molar-refractivity contribution in [2.24, 2.45) is 5.73 Å². The number of ketones is 1. The lowest BCUT2D eigenvalue weighted by Crippen LogP contribution is -2.08. The van der Waals surface area contributed by atoms with E-state index in [-0.39, 0.29) is 5.78 Å². The quantitative estimate of drug-likeness (QED) is 0.788. The highest BCUT2D eigenvalue weighted by atomic mass is 16.1. The van der Waals surface area contributed by atoms with Crippen LogP contribution in [0.5, 0.6) is 0 Å². The molecule has 0 atom stereocenters. The van der Waals surface area contributed by atoms with Crippen LogP contribution >= 0.6 is 0 Å². The summed E-state index contributed by atoms with van der Waals surface area (Å²) in [5.41, 5.74) is 7.93. The molecular formula is C13H16N2O. The Morgan fingerprint density at radius 3 is 3.00 bits per heavy atom. The lowest BCUT2D eigenvalue weighted by Gasteiger charge is -2.11. The van der Waals surface area contributed by atoms with E-state index >= 15 is 0 Å². The van der Waals surface area contributed by atoms with Crippen molar-refractivity contribution in [2.75, 3.05) is 0 Å². The predicted octanol–water partition coefficient (Wildman–Crippen LogP) is 2.22. The number of rotatable bonds is 3. The summed E-state index contributed by atoms with van der Waals surface area (Å²) in [5, 5.41) is 0. The standard InChI is InChI=1S/C13H16N2O/c14-9-12-8-11(6-7-15-12)13(16)10-4-2-1-3-5-10/h4,6-8H,1-3,5,9,14H2. The average Bonchev–Trinajstić information content (AvgIpc) is 2.39. The summed E-state index contributed by atoms with van der Waals surface area (Å²) in [4.78, 5) is 16.2. The van der Waals surface area contributed by atoms with Gasteiger partial charge in [-0.2, -0.15) is 0 Å². The second-order valence-electron chi connectivity index (χ2n) is 4.04. The van der Waals surface area contributed by atoms with Gasteiger partial charge in [0, 0.05) is 18.3 Å². The third-order valence-corrected chi connectivity index (χ3v) is 2.87. The number of hydrogen-bond donors (Lipinski definition) is 1. The maximum Gasteiger partial charge on any atom is 0.188 e. The lowest BCUT2D eigenvalue weighted by molar-refractivity contribution is 0.102. The molecule has 0 radical (unpaired) electrons. The van der Waals surface area contributed by atoms with Gasteiger partial charge in [0.25, 0.3) is 0 Å². The molecule has 0 saturated heterocycles. The first-order valence-corrected chi connectivity index (χ1v) is 5.70. The van der Waals surface area contributed by atoms with E-state index in [0.717, 1.165) is 30.5 Å². The van der Waals surface area contributed by atoms with Gasteiger partial charge in [0.2, 0.25) is 0 Å². The molecule has 3 nitrogen and oxygen atoms in total. The summed E-state index contributed by atoms with van der Waals surface area (Å²) in [7, 11) is 0. The van der Waals surface area contributed by atoms with Crippen LogP contribution in [0.25, 0.3) is 0 Å². The van der Waals surface area contributed by atoms with E-state index < -0.39 is 0 Å². The fourth-order valence-electron chi connectivity index (χ4n) is 1.96. The van der Waals surface area contributed by atoms with E-state index in [1.54, 1.807) is 18.3 Å².